The number of ether oxygens (including phenoxy) is 1. The van der Waals surface area contributed by atoms with Gasteiger partial charge in [0, 0.05) is 25.3 Å². The highest BCUT2D eigenvalue weighted by atomic mass is 16.5. The summed E-state index contributed by atoms with van der Waals surface area (Å²) in [5.41, 5.74) is 6.84. The minimum absolute atomic E-state index is 0.0521. The first-order chi connectivity index (χ1) is 7.27. The van der Waals surface area contributed by atoms with Crippen LogP contribution in [0.5, 0.6) is 0 Å². The number of aromatic nitrogens is 1. The Bertz CT molecular complexity index is 304. The number of anilines is 1. The van der Waals surface area contributed by atoms with Gasteiger partial charge in [-0.1, -0.05) is 6.07 Å². The normalized spacial score (nSPS) is 18.9. The van der Waals surface area contributed by atoms with E-state index in [1.54, 1.807) is 0 Å². The van der Waals surface area contributed by atoms with E-state index in [0.29, 0.717) is 0 Å². The lowest BCUT2D eigenvalue weighted by Gasteiger charge is -2.27. The molecule has 4 heteroatoms. The Hall–Kier alpha value is -1.13. The van der Waals surface area contributed by atoms with Gasteiger partial charge >= 0.3 is 0 Å². The van der Waals surface area contributed by atoms with Gasteiger partial charge in [0.2, 0.25) is 0 Å². The van der Waals surface area contributed by atoms with E-state index in [1.807, 2.05) is 25.3 Å². The van der Waals surface area contributed by atoms with Crippen LogP contribution in [0.25, 0.3) is 0 Å². The predicted molar refractivity (Wildman–Crippen MR) is 59.9 cm³/mol. The van der Waals surface area contributed by atoms with Crippen molar-refractivity contribution in [3.05, 3.63) is 23.9 Å². The van der Waals surface area contributed by atoms with Crippen molar-refractivity contribution in [3.63, 3.8) is 0 Å². The number of hydrogen-bond acceptors (Lipinski definition) is 4. The lowest BCUT2D eigenvalue weighted by atomic mass is 10.1. The lowest BCUT2D eigenvalue weighted by Crippen LogP contribution is -2.36. The van der Waals surface area contributed by atoms with Gasteiger partial charge in [-0.3, -0.25) is 0 Å². The molecule has 0 radical (unpaired) electrons. The smallest absolute Gasteiger partial charge is 0.128 e. The molecular weight excluding hydrogens is 190 g/mol. The molecule has 0 spiro atoms. The van der Waals surface area contributed by atoms with E-state index in [4.69, 9.17) is 10.5 Å². The maximum Gasteiger partial charge on any atom is 0.128 e. The van der Waals surface area contributed by atoms with E-state index in [9.17, 15) is 0 Å². The highest BCUT2D eigenvalue weighted by Gasteiger charge is 2.12. The fourth-order valence-electron chi connectivity index (χ4n) is 1.65. The molecule has 0 bridgehead atoms. The van der Waals surface area contributed by atoms with E-state index in [0.717, 1.165) is 37.7 Å². The summed E-state index contributed by atoms with van der Waals surface area (Å²) >= 11 is 0. The molecule has 1 aromatic heterocycles. The number of nitrogens with zero attached hydrogens (tertiary/aromatic N) is 2. The van der Waals surface area contributed by atoms with Crippen LogP contribution in [0.1, 0.15) is 18.5 Å². The summed E-state index contributed by atoms with van der Waals surface area (Å²) < 4.78 is 5.29. The van der Waals surface area contributed by atoms with E-state index >= 15 is 0 Å². The van der Waals surface area contributed by atoms with Crippen molar-refractivity contribution in [1.82, 2.24) is 4.98 Å². The third kappa shape index (κ3) is 2.46. The number of pyridine rings is 1. The van der Waals surface area contributed by atoms with Gasteiger partial charge in [-0.15, -0.1) is 0 Å². The van der Waals surface area contributed by atoms with E-state index in [2.05, 4.69) is 9.88 Å². The zero-order valence-electron chi connectivity index (χ0n) is 9.02. The van der Waals surface area contributed by atoms with Crippen molar-refractivity contribution in [2.45, 2.75) is 13.0 Å². The molecule has 82 valence electrons. The van der Waals surface area contributed by atoms with Crippen molar-refractivity contribution in [2.75, 3.05) is 31.2 Å². The molecule has 1 atom stereocenters. The third-order valence-electron chi connectivity index (χ3n) is 2.63. The standard InChI is InChI=1S/C11H17N3O/c1-9(12)10-2-3-11(13-8-10)14-4-6-15-7-5-14/h2-3,8-9H,4-7,12H2,1H3/t9-/m0/s1. The molecule has 4 nitrogen and oxygen atoms in total. The average molecular weight is 207 g/mol. The molecule has 0 unspecified atom stereocenters. The Morgan fingerprint density at radius 2 is 2.13 bits per heavy atom. The Labute approximate surface area is 90.0 Å². The zero-order chi connectivity index (χ0) is 10.7. The van der Waals surface area contributed by atoms with Crippen LogP contribution in [0.15, 0.2) is 18.3 Å². The number of nitrogens with two attached hydrogens (primary N) is 1. The molecule has 1 aromatic rings. The van der Waals surface area contributed by atoms with Crippen molar-refractivity contribution in [1.29, 1.82) is 0 Å². The quantitative estimate of drug-likeness (QED) is 0.784. The Morgan fingerprint density at radius 1 is 1.40 bits per heavy atom. The topological polar surface area (TPSA) is 51.4 Å². The molecule has 1 aliphatic rings. The van der Waals surface area contributed by atoms with Crippen LogP contribution < -0.4 is 10.6 Å². The first-order valence-corrected chi connectivity index (χ1v) is 5.31. The Morgan fingerprint density at radius 3 is 2.67 bits per heavy atom. The second-order valence-corrected chi connectivity index (χ2v) is 3.84. The Balaban J connectivity index is 2.08. The average Bonchev–Trinajstić information content (AvgIpc) is 2.30. The third-order valence-corrected chi connectivity index (χ3v) is 2.63. The van der Waals surface area contributed by atoms with Gasteiger partial charge in [0.05, 0.1) is 13.2 Å². The monoisotopic (exact) mass is 207 g/mol. The van der Waals surface area contributed by atoms with E-state index < -0.39 is 0 Å². The van der Waals surface area contributed by atoms with Crippen molar-refractivity contribution >= 4 is 5.82 Å². The molecule has 1 fully saturated rings. The SMILES string of the molecule is C[C@H](N)c1ccc(N2CCOCC2)nc1. The molecule has 15 heavy (non-hydrogen) atoms. The van der Waals surface area contributed by atoms with Gasteiger partial charge in [0.25, 0.3) is 0 Å². The van der Waals surface area contributed by atoms with Crippen molar-refractivity contribution < 1.29 is 4.74 Å². The fourth-order valence-corrected chi connectivity index (χ4v) is 1.65. The summed E-state index contributed by atoms with van der Waals surface area (Å²) in [6.07, 6.45) is 1.86. The molecule has 2 rings (SSSR count). The second-order valence-electron chi connectivity index (χ2n) is 3.84. The summed E-state index contributed by atoms with van der Waals surface area (Å²) in [6.45, 7) is 5.38. The van der Waals surface area contributed by atoms with Crippen LogP contribution in [-0.2, 0) is 4.74 Å². The van der Waals surface area contributed by atoms with Gasteiger partial charge < -0.3 is 15.4 Å². The van der Waals surface area contributed by atoms with Crippen LogP contribution in [0.4, 0.5) is 5.82 Å². The first kappa shape index (κ1) is 10.4. The number of morpholine rings is 1. The Kier molecular flexibility index (Phi) is 3.18. The number of rotatable bonds is 2. The summed E-state index contributed by atoms with van der Waals surface area (Å²) in [4.78, 5) is 6.64. The van der Waals surface area contributed by atoms with Gasteiger partial charge in [0.1, 0.15) is 5.82 Å². The first-order valence-electron chi connectivity index (χ1n) is 5.31. The van der Waals surface area contributed by atoms with Gasteiger partial charge in [-0.2, -0.15) is 0 Å². The molecule has 1 aliphatic heterocycles. The maximum atomic E-state index is 5.77. The highest BCUT2D eigenvalue weighted by molar-refractivity contribution is 5.40. The summed E-state index contributed by atoms with van der Waals surface area (Å²) in [6, 6.07) is 4.13. The number of hydrogen-bond donors (Lipinski definition) is 1. The van der Waals surface area contributed by atoms with E-state index in [1.165, 1.54) is 0 Å². The molecule has 1 saturated heterocycles. The minimum atomic E-state index is 0.0521. The minimum Gasteiger partial charge on any atom is -0.378 e. The summed E-state index contributed by atoms with van der Waals surface area (Å²) in [7, 11) is 0. The zero-order valence-corrected chi connectivity index (χ0v) is 9.02. The summed E-state index contributed by atoms with van der Waals surface area (Å²) in [5.74, 6) is 1.02. The molecular formula is C11H17N3O. The maximum absolute atomic E-state index is 5.77. The molecule has 2 heterocycles. The lowest BCUT2D eigenvalue weighted by molar-refractivity contribution is 0.122. The van der Waals surface area contributed by atoms with Crippen LogP contribution in [-0.4, -0.2) is 31.3 Å². The highest BCUT2D eigenvalue weighted by Crippen LogP contribution is 2.15. The molecule has 0 aromatic carbocycles. The van der Waals surface area contributed by atoms with Crippen molar-refractivity contribution in [2.24, 2.45) is 5.73 Å². The van der Waals surface area contributed by atoms with Gasteiger partial charge in [-0.05, 0) is 18.6 Å². The second kappa shape index (κ2) is 4.59. The largest absolute Gasteiger partial charge is 0.378 e. The van der Waals surface area contributed by atoms with Crippen LogP contribution >= 0.6 is 0 Å². The molecule has 2 N–H and O–H groups in total. The van der Waals surface area contributed by atoms with Gasteiger partial charge in [0.15, 0.2) is 0 Å². The van der Waals surface area contributed by atoms with E-state index in [-0.39, 0.29) is 6.04 Å². The molecule has 0 aliphatic carbocycles. The molecule has 0 saturated carbocycles. The van der Waals surface area contributed by atoms with Crippen LogP contribution in [0, 0.1) is 0 Å². The predicted octanol–water partition coefficient (Wildman–Crippen LogP) is 0.938. The molecule has 0 amide bonds. The van der Waals surface area contributed by atoms with Crippen LogP contribution in [0.3, 0.4) is 0 Å². The van der Waals surface area contributed by atoms with Gasteiger partial charge in [-0.25, -0.2) is 4.98 Å². The summed E-state index contributed by atoms with van der Waals surface area (Å²) in [5, 5.41) is 0. The van der Waals surface area contributed by atoms with Crippen LogP contribution in [0.2, 0.25) is 0 Å². The van der Waals surface area contributed by atoms with Crippen molar-refractivity contribution in [3.8, 4) is 0 Å². The fraction of sp³-hybridized carbons (Fsp3) is 0.545.